The molecule has 170 valence electrons. The predicted molar refractivity (Wildman–Crippen MR) is 126 cm³/mol. The van der Waals surface area contributed by atoms with Crippen LogP contribution in [-0.2, 0) is 11.3 Å². The van der Waals surface area contributed by atoms with Crippen molar-refractivity contribution in [1.29, 1.82) is 0 Å². The van der Waals surface area contributed by atoms with E-state index in [0.717, 1.165) is 45.0 Å². The smallest absolute Gasteiger partial charge is 0.255 e. The first-order valence-corrected chi connectivity index (χ1v) is 11.7. The number of benzene rings is 2. The molecule has 4 rings (SSSR count). The van der Waals surface area contributed by atoms with E-state index in [-0.39, 0.29) is 17.9 Å². The molecule has 32 heavy (non-hydrogen) atoms. The van der Waals surface area contributed by atoms with Crippen LogP contribution in [0.5, 0.6) is 0 Å². The molecule has 2 aromatic carbocycles. The number of nitrogens with zero attached hydrogens (tertiary/aromatic N) is 1. The molecule has 2 aliphatic heterocycles. The highest BCUT2D eigenvalue weighted by atomic mass is 16.5. The zero-order valence-electron chi connectivity index (χ0n) is 18.8. The van der Waals surface area contributed by atoms with Crippen LogP contribution in [0, 0.1) is 5.92 Å². The van der Waals surface area contributed by atoms with Crippen LogP contribution in [0.3, 0.4) is 0 Å². The van der Waals surface area contributed by atoms with E-state index in [9.17, 15) is 9.59 Å². The molecule has 6 nitrogen and oxygen atoms in total. The number of anilines is 1. The molecule has 0 aromatic heterocycles. The van der Waals surface area contributed by atoms with Crippen LogP contribution >= 0.6 is 0 Å². The maximum Gasteiger partial charge on any atom is 0.255 e. The van der Waals surface area contributed by atoms with Crippen LogP contribution in [0.25, 0.3) is 0 Å². The standard InChI is InChI=1S/C26H33N3O3/c1-19-6-4-14-29(17-19)18-20-10-12-21(13-11-20)25(30)28-24-9-3-2-8-23(24)26(31)27-16-22-7-5-15-32-22/h2-3,8-13,19,22H,4-7,14-18H2,1H3,(H,27,31)(H,28,30)/t19-,22-/m0/s1. The van der Waals surface area contributed by atoms with Crippen molar-refractivity contribution in [2.75, 3.05) is 31.6 Å². The minimum atomic E-state index is -0.220. The second kappa shape index (κ2) is 10.7. The molecule has 2 amide bonds. The summed E-state index contributed by atoms with van der Waals surface area (Å²) >= 11 is 0. The fraction of sp³-hybridized carbons (Fsp3) is 0.462. The Morgan fingerprint density at radius 3 is 2.59 bits per heavy atom. The highest BCUT2D eigenvalue weighted by Gasteiger charge is 2.19. The highest BCUT2D eigenvalue weighted by molar-refractivity contribution is 6.09. The van der Waals surface area contributed by atoms with Gasteiger partial charge in [0, 0.05) is 31.8 Å². The van der Waals surface area contributed by atoms with Crippen LogP contribution < -0.4 is 10.6 Å². The van der Waals surface area contributed by atoms with Crippen molar-refractivity contribution in [1.82, 2.24) is 10.2 Å². The minimum absolute atomic E-state index is 0.0763. The number of carbonyl (C=O) groups is 2. The fourth-order valence-corrected chi connectivity index (χ4v) is 4.54. The van der Waals surface area contributed by atoms with Crippen molar-refractivity contribution in [3.8, 4) is 0 Å². The molecule has 2 N–H and O–H groups in total. The van der Waals surface area contributed by atoms with Gasteiger partial charge in [-0.2, -0.15) is 0 Å². The number of ether oxygens (including phenoxy) is 1. The summed E-state index contributed by atoms with van der Waals surface area (Å²) in [7, 11) is 0. The zero-order chi connectivity index (χ0) is 22.3. The third kappa shape index (κ3) is 5.96. The summed E-state index contributed by atoms with van der Waals surface area (Å²) in [6.45, 7) is 6.73. The van der Waals surface area contributed by atoms with Crippen molar-refractivity contribution in [2.45, 2.75) is 45.3 Å². The topological polar surface area (TPSA) is 70.7 Å². The Bertz CT molecular complexity index is 922. The molecule has 0 saturated carbocycles. The van der Waals surface area contributed by atoms with E-state index in [4.69, 9.17) is 4.74 Å². The van der Waals surface area contributed by atoms with Crippen molar-refractivity contribution in [3.63, 3.8) is 0 Å². The van der Waals surface area contributed by atoms with Crippen molar-refractivity contribution in [3.05, 3.63) is 65.2 Å². The van der Waals surface area contributed by atoms with Crippen molar-refractivity contribution >= 4 is 17.5 Å². The van der Waals surface area contributed by atoms with E-state index >= 15 is 0 Å². The van der Waals surface area contributed by atoms with Crippen LogP contribution in [0.15, 0.2) is 48.5 Å². The maximum atomic E-state index is 12.8. The molecule has 0 radical (unpaired) electrons. The van der Waals surface area contributed by atoms with Gasteiger partial charge in [0.15, 0.2) is 0 Å². The normalized spacial score (nSPS) is 21.3. The molecule has 0 unspecified atom stereocenters. The lowest BCUT2D eigenvalue weighted by atomic mass is 9.99. The molecule has 2 fully saturated rings. The molecular formula is C26H33N3O3. The first-order chi connectivity index (χ1) is 15.6. The molecule has 2 heterocycles. The maximum absolute atomic E-state index is 12.8. The number of carbonyl (C=O) groups excluding carboxylic acids is 2. The zero-order valence-corrected chi connectivity index (χ0v) is 18.8. The quantitative estimate of drug-likeness (QED) is 0.688. The summed E-state index contributed by atoms with van der Waals surface area (Å²) in [5.41, 5.74) is 2.75. The van der Waals surface area contributed by atoms with Crippen molar-refractivity contribution in [2.24, 2.45) is 5.92 Å². The Morgan fingerprint density at radius 1 is 1.03 bits per heavy atom. The molecule has 2 atom stereocenters. The third-order valence-electron chi connectivity index (χ3n) is 6.30. The summed E-state index contributed by atoms with van der Waals surface area (Å²) in [6.07, 6.45) is 4.63. The Labute approximate surface area is 190 Å². The van der Waals surface area contributed by atoms with E-state index in [1.807, 2.05) is 30.3 Å². The predicted octanol–water partition coefficient (Wildman–Crippen LogP) is 4.08. The molecule has 0 bridgehead atoms. The minimum Gasteiger partial charge on any atom is -0.376 e. The number of rotatable bonds is 7. The van der Waals surface area contributed by atoms with Gasteiger partial charge in [0.25, 0.3) is 11.8 Å². The number of amides is 2. The molecule has 2 aromatic rings. The Hall–Kier alpha value is -2.70. The molecular weight excluding hydrogens is 402 g/mol. The lowest BCUT2D eigenvalue weighted by molar-refractivity contribution is 0.0858. The lowest BCUT2D eigenvalue weighted by Crippen LogP contribution is -2.33. The van der Waals surface area contributed by atoms with Gasteiger partial charge in [-0.25, -0.2) is 0 Å². The number of hydrogen-bond acceptors (Lipinski definition) is 4. The highest BCUT2D eigenvalue weighted by Crippen LogP contribution is 2.20. The van der Waals surface area contributed by atoms with E-state index in [1.54, 1.807) is 18.2 Å². The fourth-order valence-electron chi connectivity index (χ4n) is 4.54. The van der Waals surface area contributed by atoms with E-state index in [2.05, 4.69) is 22.5 Å². The van der Waals surface area contributed by atoms with Crippen LogP contribution in [0.4, 0.5) is 5.69 Å². The van der Waals surface area contributed by atoms with E-state index < -0.39 is 0 Å². The summed E-state index contributed by atoms with van der Waals surface area (Å²) in [6, 6.07) is 14.9. The third-order valence-corrected chi connectivity index (χ3v) is 6.30. The first kappa shape index (κ1) is 22.5. The van der Waals surface area contributed by atoms with Crippen LogP contribution in [0.1, 0.15) is 58.9 Å². The number of para-hydroxylation sites is 1. The Morgan fingerprint density at radius 2 is 1.84 bits per heavy atom. The number of piperidine rings is 1. The van der Waals surface area contributed by atoms with Gasteiger partial charge in [0.05, 0.1) is 17.4 Å². The van der Waals surface area contributed by atoms with Crippen LogP contribution in [-0.4, -0.2) is 49.1 Å². The molecule has 0 spiro atoms. The van der Waals surface area contributed by atoms with Gasteiger partial charge in [0.1, 0.15) is 0 Å². The van der Waals surface area contributed by atoms with Gasteiger partial charge in [-0.15, -0.1) is 0 Å². The van der Waals surface area contributed by atoms with Crippen molar-refractivity contribution < 1.29 is 14.3 Å². The average molecular weight is 436 g/mol. The largest absolute Gasteiger partial charge is 0.376 e. The van der Waals surface area contributed by atoms with E-state index in [1.165, 1.54) is 18.4 Å². The molecule has 2 saturated heterocycles. The van der Waals surface area contributed by atoms with Gasteiger partial charge >= 0.3 is 0 Å². The first-order valence-electron chi connectivity index (χ1n) is 11.7. The molecule has 0 aliphatic carbocycles. The summed E-state index contributed by atoms with van der Waals surface area (Å²) in [5, 5.41) is 5.82. The second-order valence-electron chi connectivity index (χ2n) is 9.02. The van der Waals surface area contributed by atoms with Gasteiger partial charge in [-0.1, -0.05) is 31.2 Å². The number of nitrogens with one attached hydrogen (secondary N) is 2. The Balaban J connectivity index is 1.35. The monoisotopic (exact) mass is 435 g/mol. The van der Waals surface area contributed by atoms with Crippen LogP contribution in [0.2, 0.25) is 0 Å². The molecule has 6 heteroatoms. The summed E-state index contributed by atoms with van der Waals surface area (Å²) in [5.74, 6) is 0.321. The van der Waals surface area contributed by atoms with Gasteiger partial charge < -0.3 is 15.4 Å². The Kier molecular flexibility index (Phi) is 7.55. The van der Waals surface area contributed by atoms with E-state index in [0.29, 0.717) is 23.4 Å². The van der Waals surface area contributed by atoms with Gasteiger partial charge in [-0.05, 0) is 68.0 Å². The lowest BCUT2D eigenvalue weighted by Gasteiger charge is -2.30. The van der Waals surface area contributed by atoms with Gasteiger partial charge in [-0.3, -0.25) is 14.5 Å². The SMILES string of the molecule is C[C@H]1CCCN(Cc2ccc(C(=O)Nc3ccccc3C(=O)NC[C@@H]3CCCO3)cc2)C1. The average Bonchev–Trinajstić information content (AvgIpc) is 3.32. The number of likely N-dealkylation sites (tertiary alicyclic amines) is 1. The molecule has 2 aliphatic rings. The number of hydrogen-bond donors (Lipinski definition) is 2. The second-order valence-corrected chi connectivity index (χ2v) is 9.02. The summed E-state index contributed by atoms with van der Waals surface area (Å²) < 4.78 is 5.57. The summed E-state index contributed by atoms with van der Waals surface area (Å²) in [4.78, 5) is 28.0. The van der Waals surface area contributed by atoms with Gasteiger partial charge in [0.2, 0.25) is 0 Å².